The third-order valence-corrected chi connectivity index (χ3v) is 2.36. The molecule has 0 saturated carbocycles. The van der Waals surface area contributed by atoms with E-state index in [9.17, 15) is 9.59 Å². The monoisotopic (exact) mass is 223 g/mol. The van der Waals surface area contributed by atoms with E-state index in [0.29, 0.717) is 13.0 Å². The van der Waals surface area contributed by atoms with Crippen molar-refractivity contribution < 1.29 is 14.3 Å². The van der Waals surface area contributed by atoms with Gasteiger partial charge in [-0.05, 0) is 12.8 Å². The number of likely N-dealkylation sites (tertiary alicyclic amines) is 1. The summed E-state index contributed by atoms with van der Waals surface area (Å²) in [6.45, 7) is 4.14. The molecule has 1 aliphatic rings. The fraction of sp³-hybridized carbons (Fsp3) is 0.500. The standard InChI is InChI=1S/C12H17NO3/c1-2-6-12(15)16-10-9-13-8-5-3-4-7-11(13)14/h2,9-10H,1,3-8H2. The second-order valence-corrected chi connectivity index (χ2v) is 3.67. The zero-order chi connectivity index (χ0) is 11.8. The molecule has 0 unspecified atom stereocenters. The van der Waals surface area contributed by atoms with E-state index in [0.717, 1.165) is 19.3 Å². The molecular formula is C12H17NO3. The summed E-state index contributed by atoms with van der Waals surface area (Å²) in [4.78, 5) is 24.1. The highest BCUT2D eigenvalue weighted by Gasteiger charge is 2.13. The van der Waals surface area contributed by atoms with Gasteiger partial charge in [-0.3, -0.25) is 9.59 Å². The van der Waals surface area contributed by atoms with Gasteiger partial charge >= 0.3 is 5.97 Å². The van der Waals surface area contributed by atoms with Crippen molar-refractivity contribution in [2.75, 3.05) is 6.54 Å². The Morgan fingerprint density at radius 1 is 1.44 bits per heavy atom. The first-order valence-electron chi connectivity index (χ1n) is 5.50. The maximum atomic E-state index is 11.5. The van der Waals surface area contributed by atoms with Gasteiger partial charge in [-0.25, -0.2) is 0 Å². The van der Waals surface area contributed by atoms with Gasteiger partial charge in [-0.15, -0.1) is 6.58 Å². The van der Waals surface area contributed by atoms with Crippen LogP contribution in [0.25, 0.3) is 0 Å². The summed E-state index contributed by atoms with van der Waals surface area (Å²) in [6, 6.07) is 0. The van der Waals surface area contributed by atoms with E-state index in [-0.39, 0.29) is 18.3 Å². The third-order valence-electron chi connectivity index (χ3n) is 2.36. The molecule has 0 aromatic carbocycles. The molecule has 4 nitrogen and oxygen atoms in total. The largest absolute Gasteiger partial charge is 0.433 e. The van der Waals surface area contributed by atoms with Crippen LogP contribution < -0.4 is 0 Å². The van der Waals surface area contributed by atoms with Gasteiger partial charge in [-0.1, -0.05) is 12.5 Å². The smallest absolute Gasteiger partial charge is 0.314 e. The third kappa shape index (κ3) is 4.29. The van der Waals surface area contributed by atoms with E-state index in [4.69, 9.17) is 4.74 Å². The molecule has 0 bridgehead atoms. The highest BCUT2D eigenvalue weighted by Crippen LogP contribution is 2.11. The van der Waals surface area contributed by atoms with Gasteiger partial charge in [0.2, 0.25) is 5.91 Å². The van der Waals surface area contributed by atoms with E-state index in [1.54, 1.807) is 4.90 Å². The zero-order valence-electron chi connectivity index (χ0n) is 9.35. The average molecular weight is 223 g/mol. The van der Waals surface area contributed by atoms with Crippen molar-refractivity contribution in [1.29, 1.82) is 0 Å². The number of ether oxygens (including phenoxy) is 1. The number of amides is 1. The summed E-state index contributed by atoms with van der Waals surface area (Å²) in [7, 11) is 0. The van der Waals surface area contributed by atoms with Crippen LogP contribution in [0.4, 0.5) is 0 Å². The minimum Gasteiger partial charge on any atom is -0.433 e. The van der Waals surface area contributed by atoms with Crippen LogP contribution in [-0.2, 0) is 14.3 Å². The SMILES string of the molecule is C=CCC(=O)OC=CN1CCCCCC1=O. The highest BCUT2D eigenvalue weighted by atomic mass is 16.5. The predicted octanol–water partition coefficient (Wildman–Crippen LogP) is 1.98. The number of carbonyl (C=O) groups is 2. The Balaban J connectivity index is 2.38. The molecular weight excluding hydrogens is 206 g/mol. The first-order chi connectivity index (χ1) is 7.74. The summed E-state index contributed by atoms with van der Waals surface area (Å²) in [5, 5.41) is 0. The van der Waals surface area contributed by atoms with Crippen molar-refractivity contribution in [2.24, 2.45) is 0 Å². The molecule has 0 aliphatic carbocycles. The molecule has 1 saturated heterocycles. The van der Waals surface area contributed by atoms with Crippen molar-refractivity contribution in [1.82, 2.24) is 4.90 Å². The van der Waals surface area contributed by atoms with Crippen LogP contribution in [-0.4, -0.2) is 23.3 Å². The van der Waals surface area contributed by atoms with E-state index >= 15 is 0 Å². The number of esters is 1. The van der Waals surface area contributed by atoms with Crippen molar-refractivity contribution in [3.05, 3.63) is 25.1 Å². The Bertz CT molecular complexity index is 297. The van der Waals surface area contributed by atoms with Gasteiger partial charge in [0.25, 0.3) is 0 Å². The molecule has 0 N–H and O–H groups in total. The fourth-order valence-corrected chi connectivity index (χ4v) is 1.51. The Hall–Kier alpha value is -1.58. The van der Waals surface area contributed by atoms with E-state index in [1.807, 2.05) is 0 Å². The number of hydrogen-bond acceptors (Lipinski definition) is 3. The Labute approximate surface area is 95.6 Å². The lowest BCUT2D eigenvalue weighted by Gasteiger charge is -2.14. The Kier molecular flexibility index (Phi) is 5.32. The van der Waals surface area contributed by atoms with Crippen LogP contribution in [0.3, 0.4) is 0 Å². The second kappa shape index (κ2) is 6.82. The molecule has 0 radical (unpaired) electrons. The molecule has 88 valence electrons. The van der Waals surface area contributed by atoms with Crippen LogP contribution in [0.1, 0.15) is 32.1 Å². The number of nitrogens with zero attached hydrogens (tertiary/aromatic N) is 1. The molecule has 0 aromatic rings. The maximum absolute atomic E-state index is 11.5. The quantitative estimate of drug-likeness (QED) is 0.416. The minimum atomic E-state index is -0.367. The molecule has 16 heavy (non-hydrogen) atoms. The van der Waals surface area contributed by atoms with Crippen LogP contribution in [0, 0.1) is 0 Å². The molecule has 4 heteroatoms. The normalized spacial score (nSPS) is 17.2. The van der Waals surface area contributed by atoms with Gasteiger partial charge in [0, 0.05) is 19.2 Å². The van der Waals surface area contributed by atoms with Crippen molar-refractivity contribution in [3.63, 3.8) is 0 Å². The van der Waals surface area contributed by atoms with Crippen LogP contribution in [0.15, 0.2) is 25.1 Å². The molecule has 0 spiro atoms. The van der Waals surface area contributed by atoms with Crippen molar-refractivity contribution in [3.8, 4) is 0 Å². The molecule has 1 heterocycles. The summed E-state index contributed by atoms with van der Waals surface area (Å²) >= 11 is 0. The fourth-order valence-electron chi connectivity index (χ4n) is 1.51. The number of carbonyl (C=O) groups excluding carboxylic acids is 2. The summed E-state index contributed by atoms with van der Waals surface area (Å²) in [5.74, 6) is -0.276. The number of rotatable bonds is 4. The van der Waals surface area contributed by atoms with Crippen LogP contribution in [0.5, 0.6) is 0 Å². The maximum Gasteiger partial charge on any atom is 0.314 e. The lowest BCUT2D eigenvalue weighted by molar-refractivity contribution is -0.137. The summed E-state index contributed by atoms with van der Waals surface area (Å²) in [6.07, 6.45) is 8.06. The molecule has 1 amide bonds. The first kappa shape index (κ1) is 12.5. The highest BCUT2D eigenvalue weighted by molar-refractivity contribution is 5.77. The Morgan fingerprint density at radius 3 is 3.00 bits per heavy atom. The van der Waals surface area contributed by atoms with Gasteiger partial charge in [0.05, 0.1) is 6.42 Å². The molecule has 0 aromatic heterocycles. The molecule has 1 fully saturated rings. The van der Waals surface area contributed by atoms with Crippen molar-refractivity contribution in [2.45, 2.75) is 32.1 Å². The van der Waals surface area contributed by atoms with Gasteiger partial charge in [0.15, 0.2) is 0 Å². The van der Waals surface area contributed by atoms with E-state index in [1.165, 1.54) is 18.5 Å². The van der Waals surface area contributed by atoms with Crippen LogP contribution >= 0.6 is 0 Å². The molecule has 0 atom stereocenters. The first-order valence-corrected chi connectivity index (χ1v) is 5.50. The zero-order valence-corrected chi connectivity index (χ0v) is 9.35. The van der Waals surface area contributed by atoms with Gasteiger partial charge < -0.3 is 9.64 Å². The summed E-state index contributed by atoms with van der Waals surface area (Å²) in [5.41, 5.74) is 0. The second-order valence-electron chi connectivity index (χ2n) is 3.67. The lowest BCUT2D eigenvalue weighted by atomic mass is 10.2. The van der Waals surface area contributed by atoms with E-state index < -0.39 is 0 Å². The topological polar surface area (TPSA) is 46.6 Å². The van der Waals surface area contributed by atoms with Gasteiger partial charge in [0.1, 0.15) is 6.26 Å². The van der Waals surface area contributed by atoms with E-state index in [2.05, 4.69) is 6.58 Å². The van der Waals surface area contributed by atoms with Gasteiger partial charge in [-0.2, -0.15) is 0 Å². The van der Waals surface area contributed by atoms with Crippen molar-refractivity contribution >= 4 is 11.9 Å². The summed E-state index contributed by atoms with van der Waals surface area (Å²) < 4.78 is 4.79. The lowest BCUT2D eigenvalue weighted by Crippen LogP contribution is -2.24. The molecule has 1 rings (SSSR count). The number of hydrogen-bond donors (Lipinski definition) is 0. The molecule has 1 aliphatic heterocycles. The Morgan fingerprint density at radius 2 is 2.25 bits per heavy atom. The van der Waals surface area contributed by atoms with Crippen LogP contribution in [0.2, 0.25) is 0 Å². The average Bonchev–Trinajstić information content (AvgIpc) is 2.45. The minimum absolute atomic E-state index is 0.0912. The predicted molar refractivity (Wildman–Crippen MR) is 60.2 cm³/mol.